The van der Waals surface area contributed by atoms with Crippen molar-refractivity contribution in [2.45, 2.75) is 19.5 Å². The molecule has 1 fully saturated rings. The molecule has 1 aliphatic heterocycles. The fraction of sp³-hybridized carbons (Fsp3) is 0.409. The average Bonchev–Trinajstić information content (AvgIpc) is 2.78. The molecule has 7 heteroatoms. The zero-order valence-corrected chi connectivity index (χ0v) is 16.9. The molecule has 154 valence electrons. The number of rotatable bonds is 10. The predicted molar refractivity (Wildman–Crippen MR) is 110 cm³/mol. The van der Waals surface area contributed by atoms with Crippen LogP contribution in [0.3, 0.4) is 0 Å². The summed E-state index contributed by atoms with van der Waals surface area (Å²) in [6.07, 6.45) is 5.72. The van der Waals surface area contributed by atoms with Gasteiger partial charge in [-0.25, -0.2) is 9.80 Å². The molecule has 0 unspecified atom stereocenters. The zero-order valence-electron chi connectivity index (χ0n) is 16.9. The van der Waals surface area contributed by atoms with Gasteiger partial charge in [0, 0.05) is 57.6 Å². The highest BCUT2D eigenvalue weighted by atomic mass is 16.7. The molecule has 29 heavy (non-hydrogen) atoms. The Kier molecular flexibility index (Phi) is 8.37. The lowest BCUT2D eigenvalue weighted by Gasteiger charge is -2.40. The second kappa shape index (κ2) is 11.5. The molecule has 1 aromatic carbocycles. The van der Waals surface area contributed by atoms with Crippen LogP contribution in [0.4, 0.5) is 0 Å². The minimum atomic E-state index is 0.446. The van der Waals surface area contributed by atoms with Crippen LogP contribution in [0.15, 0.2) is 54.9 Å². The highest BCUT2D eigenvalue weighted by Gasteiger charge is 2.23. The van der Waals surface area contributed by atoms with Crippen molar-refractivity contribution in [3.8, 4) is 5.75 Å². The molecule has 0 aliphatic carbocycles. The van der Waals surface area contributed by atoms with E-state index in [1.165, 1.54) is 11.6 Å². The fourth-order valence-corrected chi connectivity index (χ4v) is 3.26. The molecule has 0 spiro atoms. The van der Waals surface area contributed by atoms with E-state index in [1.807, 2.05) is 41.7 Å². The van der Waals surface area contributed by atoms with Crippen LogP contribution in [-0.2, 0) is 22.7 Å². The van der Waals surface area contributed by atoms with Gasteiger partial charge in [0.25, 0.3) is 0 Å². The van der Waals surface area contributed by atoms with Gasteiger partial charge in [0.2, 0.25) is 0 Å². The maximum absolute atomic E-state index is 10.4. The number of carbonyl (C=O) groups excluding carboxylic acids is 1. The number of nitrogens with zero attached hydrogens (tertiary/aromatic N) is 4. The highest BCUT2D eigenvalue weighted by molar-refractivity contribution is 5.44. The van der Waals surface area contributed by atoms with Crippen LogP contribution in [0, 0.1) is 0 Å². The number of hydrazine groups is 1. The van der Waals surface area contributed by atoms with Gasteiger partial charge in [-0.05, 0) is 29.3 Å². The zero-order chi connectivity index (χ0) is 20.3. The lowest BCUT2D eigenvalue weighted by Crippen LogP contribution is -2.53. The molecule has 0 atom stereocenters. The minimum absolute atomic E-state index is 0.446. The standard InChI is InChI=1S/C22H28N4O3/c1-28-22-8-6-20(7-9-22)19-26(29-16-3-2-15-27)25-13-11-24(12-14-25)18-21-5-4-10-23-17-21/h2,4-10,17H,3,11-14,16,18-19H2,1H3. The predicted octanol–water partition coefficient (Wildman–Crippen LogP) is 2.33. The van der Waals surface area contributed by atoms with Crippen LogP contribution in [0.25, 0.3) is 0 Å². The number of piperazine rings is 1. The number of pyridine rings is 1. The van der Waals surface area contributed by atoms with Crippen LogP contribution in [0.1, 0.15) is 17.5 Å². The molecule has 0 radical (unpaired) electrons. The van der Waals surface area contributed by atoms with Crippen molar-refractivity contribution in [3.63, 3.8) is 0 Å². The van der Waals surface area contributed by atoms with E-state index in [1.54, 1.807) is 19.2 Å². The first-order valence-electron chi connectivity index (χ1n) is 9.87. The van der Waals surface area contributed by atoms with Crippen molar-refractivity contribution < 1.29 is 14.4 Å². The summed E-state index contributed by atoms with van der Waals surface area (Å²) in [5, 5.41) is 4.15. The lowest BCUT2D eigenvalue weighted by molar-refractivity contribution is -0.297. The Morgan fingerprint density at radius 3 is 2.59 bits per heavy atom. The molecule has 7 nitrogen and oxygen atoms in total. The van der Waals surface area contributed by atoms with E-state index in [-0.39, 0.29) is 0 Å². The summed E-state index contributed by atoms with van der Waals surface area (Å²) in [5.41, 5.74) is 2.36. The molecule has 1 aromatic heterocycles. The molecule has 1 aliphatic rings. The van der Waals surface area contributed by atoms with Crippen LogP contribution in [0.2, 0.25) is 0 Å². The van der Waals surface area contributed by atoms with Crippen LogP contribution >= 0.6 is 0 Å². The number of hydrogen-bond acceptors (Lipinski definition) is 7. The van der Waals surface area contributed by atoms with E-state index in [9.17, 15) is 4.79 Å². The van der Waals surface area contributed by atoms with Gasteiger partial charge >= 0.3 is 0 Å². The largest absolute Gasteiger partial charge is 0.497 e. The van der Waals surface area contributed by atoms with Crippen molar-refractivity contribution in [1.82, 2.24) is 20.1 Å². The van der Waals surface area contributed by atoms with E-state index in [4.69, 9.17) is 9.57 Å². The summed E-state index contributed by atoms with van der Waals surface area (Å²) in [4.78, 5) is 23.0. The Hall–Kier alpha value is -2.54. The highest BCUT2D eigenvalue weighted by Crippen LogP contribution is 2.16. The third-order valence-electron chi connectivity index (χ3n) is 4.86. The average molecular weight is 396 g/mol. The number of hydroxylamine groups is 1. The summed E-state index contributed by atoms with van der Waals surface area (Å²) in [6, 6.07) is 12.1. The number of methoxy groups -OCH3 is 1. The topological polar surface area (TPSA) is 58.1 Å². The molecular weight excluding hydrogens is 368 g/mol. The minimum Gasteiger partial charge on any atom is -0.497 e. The van der Waals surface area contributed by atoms with Crippen molar-refractivity contribution >= 4 is 5.94 Å². The Bertz CT molecular complexity index is 770. The Morgan fingerprint density at radius 2 is 1.93 bits per heavy atom. The van der Waals surface area contributed by atoms with Gasteiger partial charge in [-0.15, -0.1) is 5.17 Å². The SMILES string of the molecule is COc1ccc(CN(OCCC=C=O)N2CCN(Cc3cccnc3)CC2)cc1. The molecule has 1 saturated heterocycles. The summed E-state index contributed by atoms with van der Waals surface area (Å²) in [6.45, 7) is 5.64. The van der Waals surface area contributed by atoms with Gasteiger partial charge < -0.3 is 4.74 Å². The Morgan fingerprint density at radius 1 is 1.14 bits per heavy atom. The molecule has 0 bridgehead atoms. The van der Waals surface area contributed by atoms with E-state index in [0.717, 1.165) is 44.0 Å². The van der Waals surface area contributed by atoms with Gasteiger partial charge in [0.05, 0.1) is 20.3 Å². The maximum atomic E-state index is 10.4. The number of benzene rings is 1. The summed E-state index contributed by atoms with van der Waals surface area (Å²) < 4.78 is 5.24. The van der Waals surface area contributed by atoms with Crippen LogP contribution in [-0.4, -0.2) is 65.9 Å². The summed E-state index contributed by atoms with van der Waals surface area (Å²) in [5.74, 6) is 2.63. The molecular formula is C22H28N4O3. The Labute approximate surface area is 172 Å². The first-order chi connectivity index (χ1) is 14.3. The van der Waals surface area contributed by atoms with Crippen molar-refractivity contribution in [1.29, 1.82) is 0 Å². The second-order valence-electron chi connectivity index (χ2n) is 6.89. The van der Waals surface area contributed by atoms with E-state index in [0.29, 0.717) is 19.6 Å². The molecule has 3 rings (SSSR count). The molecule has 0 N–H and O–H groups in total. The summed E-state index contributed by atoms with van der Waals surface area (Å²) in [7, 11) is 1.66. The molecule has 0 saturated carbocycles. The third kappa shape index (κ3) is 6.78. The van der Waals surface area contributed by atoms with E-state index < -0.39 is 0 Å². The maximum Gasteiger partial charge on any atom is 0.120 e. The van der Waals surface area contributed by atoms with Crippen molar-refractivity contribution in [2.75, 3.05) is 39.9 Å². The molecule has 2 aromatic rings. The van der Waals surface area contributed by atoms with Gasteiger partial charge in [0.1, 0.15) is 11.7 Å². The fourth-order valence-electron chi connectivity index (χ4n) is 3.26. The van der Waals surface area contributed by atoms with Gasteiger partial charge in [-0.3, -0.25) is 14.7 Å². The molecule has 2 heterocycles. The van der Waals surface area contributed by atoms with Gasteiger partial charge in [-0.1, -0.05) is 18.2 Å². The lowest BCUT2D eigenvalue weighted by atomic mass is 10.2. The number of ether oxygens (including phenoxy) is 1. The van der Waals surface area contributed by atoms with Gasteiger partial charge in [0.15, 0.2) is 0 Å². The second-order valence-corrected chi connectivity index (χ2v) is 6.89. The van der Waals surface area contributed by atoms with Crippen LogP contribution < -0.4 is 4.74 Å². The summed E-state index contributed by atoms with van der Waals surface area (Å²) >= 11 is 0. The van der Waals surface area contributed by atoms with E-state index >= 15 is 0 Å². The number of aromatic nitrogens is 1. The number of hydrogen-bond donors (Lipinski definition) is 0. The van der Waals surface area contributed by atoms with Crippen molar-refractivity contribution in [3.05, 3.63) is 66.0 Å². The van der Waals surface area contributed by atoms with Crippen LogP contribution in [0.5, 0.6) is 5.75 Å². The van der Waals surface area contributed by atoms with E-state index in [2.05, 4.69) is 21.0 Å². The van der Waals surface area contributed by atoms with Gasteiger partial charge in [-0.2, -0.15) is 0 Å². The molecule has 0 amide bonds. The first kappa shape index (κ1) is 21.2. The Balaban J connectivity index is 1.57. The normalized spacial score (nSPS) is 15.2. The monoisotopic (exact) mass is 396 g/mol. The smallest absolute Gasteiger partial charge is 0.120 e. The third-order valence-corrected chi connectivity index (χ3v) is 4.86. The first-order valence-corrected chi connectivity index (χ1v) is 9.87. The quantitative estimate of drug-likeness (QED) is 0.347. The van der Waals surface area contributed by atoms with Crippen molar-refractivity contribution in [2.24, 2.45) is 0 Å².